The van der Waals surface area contributed by atoms with E-state index in [1.165, 1.54) is 0 Å². The molecule has 120 valence electrons. The van der Waals surface area contributed by atoms with Gasteiger partial charge in [-0.2, -0.15) is 0 Å². The summed E-state index contributed by atoms with van der Waals surface area (Å²) in [5.41, 5.74) is 0. The van der Waals surface area contributed by atoms with Gasteiger partial charge in [0.25, 0.3) is 0 Å². The minimum absolute atomic E-state index is 0.0373. The number of carbonyl (C=O) groups is 1. The normalized spacial score (nSPS) is 34.3. The van der Waals surface area contributed by atoms with Gasteiger partial charge in [0.1, 0.15) is 5.78 Å². The molecule has 5 nitrogen and oxygen atoms in total. The molecule has 0 saturated carbocycles. The summed E-state index contributed by atoms with van der Waals surface area (Å²) < 4.78 is 18.2. The van der Waals surface area contributed by atoms with Crippen LogP contribution in [0.1, 0.15) is 26.2 Å². The van der Waals surface area contributed by atoms with E-state index in [-0.39, 0.29) is 23.0 Å². The van der Waals surface area contributed by atoms with E-state index in [4.69, 9.17) is 4.52 Å². The van der Waals surface area contributed by atoms with Gasteiger partial charge in [-0.05, 0) is 45.4 Å². The van der Waals surface area contributed by atoms with Crippen LogP contribution in [-0.2, 0) is 13.9 Å². The number of ketones is 1. The summed E-state index contributed by atoms with van der Waals surface area (Å²) >= 11 is 0. The third-order valence-corrected chi connectivity index (χ3v) is 6.55. The van der Waals surface area contributed by atoms with Crippen LogP contribution in [0.2, 0.25) is 0 Å². The van der Waals surface area contributed by atoms with Crippen molar-refractivity contribution in [3.8, 4) is 0 Å². The van der Waals surface area contributed by atoms with Gasteiger partial charge in [0.05, 0.1) is 17.3 Å². The monoisotopic (exact) mass is 323 g/mol. The maximum absolute atomic E-state index is 12.6. The molecule has 1 N–H and O–H groups in total. The lowest BCUT2D eigenvalue weighted by Crippen LogP contribution is -2.52. The Balaban J connectivity index is 1.85. The van der Waals surface area contributed by atoms with Gasteiger partial charge in [-0.15, -0.1) is 0 Å². The minimum atomic E-state index is -3.91. The van der Waals surface area contributed by atoms with Crippen molar-refractivity contribution < 1.29 is 18.8 Å². The summed E-state index contributed by atoms with van der Waals surface area (Å²) in [4.78, 5) is 24.6. The first kappa shape index (κ1) is 15.9. The molecule has 22 heavy (non-hydrogen) atoms. The van der Waals surface area contributed by atoms with E-state index in [0.29, 0.717) is 12.5 Å². The van der Waals surface area contributed by atoms with Crippen molar-refractivity contribution in [2.75, 3.05) is 7.05 Å². The summed E-state index contributed by atoms with van der Waals surface area (Å²) in [5.74, 6) is -0.289. The topological polar surface area (TPSA) is 66.8 Å². The highest BCUT2D eigenvalue weighted by atomic mass is 31.2. The van der Waals surface area contributed by atoms with Gasteiger partial charge in [-0.1, -0.05) is 18.2 Å². The van der Waals surface area contributed by atoms with E-state index in [1.807, 2.05) is 7.05 Å². The lowest BCUT2D eigenvalue weighted by atomic mass is 9.85. The number of rotatable bonds is 4. The molecular formula is C16H22NO4P. The smallest absolute Gasteiger partial charge is 0.321 e. The molecule has 1 aromatic rings. The molecule has 0 aliphatic carbocycles. The van der Waals surface area contributed by atoms with E-state index in [2.05, 4.69) is 4.90 Å². The summed E-state index contributed by atoms with van der Waals surface area (Å²) in [7, 11) is -1.87. The van der Waals surface area contributed by atoms with Gasteiger partial charge in [0.15, 0.2) is 0 Å². The predicted octanol–water partition coefficient (Wildman–Crippen LogP) is 1.95. The molecule has 3 unspecified atom stereocenters. The fourth-order valence-corrected chi connectivity index (χ4v) is 5.18. The highest BCUT2D eigenvalue weighted by Crippen LogP contribution is 2.48. The van der Waals surface area contributed by atoms with Crippen molar-refractivity contribution in [2.24, 2.45) is 5.92 Å². The van der Waals surface area contributed by atoms with Gasteiger partial charge in [-0.3, -0.25) is 14.3 Å². The highest BCUT2D eigenvalue weighted by molar-refractivity contribution is 7.61. The molecule has 2 aliphatic rings. The molecule has 5 atom stereocenters. The molecule has 3 rings (SSSR count). The lowest BCUT2D eigenvalue weighted by Gasteiger charge is -2.41. The molecule has 2 heterocycles. The highest BCUT2D eigenvalue weighted by Gasteiger charge is 2.49. The molecule has 6 heteroatoms. The second-order valence-corrected chi connectivity index (χ2v) is 8.10. The SMILES string of the molecule is CC(=O)[C@@H]1C2CCC(C[C@@H]1OP(=O)(O)c1ccccc1)N2C. The minimum Gasteiger partial charge on any atom is -0.321 e. The van der Waals surface area contributed by atoms with Crippen LogP contribution >= 0.6 is 7.60 Å². The molecule has 2 saturated heterocycles. The van der Waals surface area contributed by atoms with Gasteiger partial charge >= 0.3 is 7.60 Å². The zero-order valence-corrected chi connectivity index (χ0v) is 13.8. The number of piperidine rings is 1. The van der Waals surface area contributed by atoms with Crippen LogP contribution in [0, 0.1) is 5.92 Å². The predicted molar refractivity (Wildman–Crippen MR) is 84.1 cm³/mol. The number of benzene rings is 1. The Kier molecular flexibility index (Phi) is 4.25. The second kappa shape index (κ2) is 5.89. The van der Waals surface area contributed by atoms with Crippen molar-refractivity contribution in [1.82, 2.24) is 4.90 Å². The molecule has 2 bridgehead atoms. The fraction of sp³-hybridized carbons (Fsp3) is 0.562. The molecule has 0 aromatic heterocycles. The third kappa shape index (κ3) is 2.79. The van der Waals surface area contributed by atoms with Crippen molar-refractivity contribution in [3.05, 3.63) is 30.3 Å². The molecule has 0 amide bonds. The van der Waals surface area contributed by atoms with E-state index in [0.717, 1.165) is 12.8 Å². The van der Waals surface area contributed by atoms with Crippen LogP contribution in [0.15, 0.2) is 30.3 Å². The number of hydrogen-bond acceptors (Lipinski definition) is 4. The van der Waals surface area contributed by atoms with E-state index < -0.39 is 13.7 Å². The van der Waals surface area contributed by atoms with E-state index in [9.17, 15) is 14.3 Å². The summed E-state index contributed by atoms with van der Waals surface area (Å²) in [6, 6.07) is 8.85. The quantitative estimate of drug-likeness (QED) is 0.858. The Hall–Kier alpha value is -1.00. The fourth-order valence-electron chi connectivity index (χ4n) is 3.92. The van der Waals surface area contributed by atoms with Crippen molar-refractivity contribution in [3.63, 3.8) is 0 Å². The first-order valence-corrected chi connectivity index (χ1v) is 9.27. The van der Waals surface area contributed by atoms with Gasteiger partial charge in [0.2, 0.25) is 0 Å². The molecule has 0 spiro atoms. The van der Waals surface area contributed by atoms with Crippen LogP contribution in [-0.4, -0.2) is 40.8 Å². The van der Waals surface area contributed by atoms with Gasteiger partial charge in [0, 0.05) is 12.1 Å². The Morgan fingerprint density at radius 1 is 1.32 bits per heavy atom. The van der Waals surface area contributed by atoms with Crippen LogP contribution in [0.25, 0.3) is 0 Å². The Morgan fingerprint density at radius 2 is 2.00 bits per heavy atom. The number of carbonyl (C=O) groups excluding carboxylic acids is 1. The van der Waals surface area contributed by atoms with Crippen molar-refractivity contribution >= 4 is 18.7 Å². The van der Waals surface area contributed by atoms with E-state index >= 15 is 0 Å². The molecule has 2 fully saturated rings. The first-order chi connectivity index (χ1) is 10.4. The Bertz CT molecular complexity index is 605. The zero-order chi connectivity index (χ0) is 15.9. The first-order valence-electron chi connectivity index (χ1n) is 7.69. The Morgan fingerprint density at radius 3 is 2.64 bits per heavy atom. The molecule has 0 radical (unpaired) electrons. The average Bonchev–Trinajstić information content (AvgIpc) is 2.72. The Labute approximate surface area is 130 Å². The number of fused-ring (bicyclic) bond motifs is 2. The van der Waals surface area contributed by atoms with E-state index in [1.54, 1.807) is 37.3 Å². The number of hydrogen-bond donors (Lipinski definition) is 1. The number of nitrogens with zero attached hydrogens (tertiary/aromatic N) is 1. The van der Waals surface area contributed by atoms with Crippen LogP contribution < -0.4 is 5.30 Å². The summed E-state index contributed by atoms with van der Waals surface area (Å²) in [6.45, 7) is 1.55. The third-order valence-electron chi connectivity index (χ3n) is 5.04. The van der Waals surface area contributed by atoms with Gasteiger partial charge in [-0.25, -0.2) is 0 Å². The van der Waals surface area contributed by atoms with Gasteiger partial charge < -0.3 is 9.42 Å². The average molecular weight is 323 g/mol. The maximum Gasteiger partial charge on any atom is 0.359 e. The molecule has 1 aromatic carbocycles. The van der Waals surface area contributed by atoms with Crippen LogP contribution in [0.5, 0.6) is 0 Å². The molecular weight excluding hydrogens is 301 g/mol. The number of Topliss-reactive ketones (excluding diaryl/α,β-unsaturated/α-hetero) is 1. The van der Waals surface area contributed by atoms with Crippen LogP contribution in [0.3, 0.4) is 0 Å². The second-order valence-electron chi connectivity index (χ2n) is 6.34. The lowest BCUT2D eigenvalue weighted by molar-refractivity contribution is -0.129. The summed E-state index contributed by atoms with van der Waals surface area (Å²) in [6.07, 6.45) is 2.12. The zero-order valence-electron chi connectivity index (χ0n) is 12.9. The summed E-state index contributed by atoms with van der Waals surface area (Å²) in [5, 5.41) is 0.281. The molecule has 2 aliphatic heterocycles. The van der Waals surface area contributed by atoms with Crippen molar-refractivity contribution in [1.29, 1.82) is 0 Å². The maximum atomic E-state index is 12.6. The van der Waals surface area contributed by atoms with Crippen molar-refractivity contribution in [2.45, 2.75) is 44.4 Å². The van der Waals surface area contributed by atoms with Crippen LogP contribution in [0.4, 0.5) is 0 Å². The standard InChI is InChI=1S/C16H22NO4P/c1-11(18)16-14-9-8-12(17(14)2)10-15(16)21-22(19,20)13-6-4-3-5-7-13/h3-7,12,14-16H,8-10H2,1-2H3,(H,19,20)/t12?,14?,15-,16+/m0/s1. The largest absolute Gasteiger partial charge is 0.359 e.